The summed E-state index contributed by atoms with van der Waals surface area (Å²) in [6.07, 6.45) is 6.78. The van der Waals surface area contributed by atoms with Crippen LogP contribution in [0.5, 0.6) is 11.5 Å². The van der Waals surface area contributed by atoms with Crippen molar-refractivity contribution in [2.75, 3.05) is 19.8 Å². The van der Waals surface area contributed by atoms with Gasteiger partial charge in [-0.3, -0.25) is 9.59 Å². The van der Waals surface area contributed by atoms with Gasteiger partial charge in [0.15, 0.2) is 0 Å². The van der Waals surface area contributed by atoms with E-state index in [9.17, 15) is 14.7 Å². The van der Waals surface area contributed by atoms with Crippen molar-refractivity contribution in [1.29, 1.82) is 0 Å². The van der Waals surface area contributed by atoms with E-state index in [1.54, 1.807) is 41.7 Å². The predicted molar refractivity (Wildman–Crippen MR) is 136 cm³/mol. The molecule has 1 atom stereocenters. The second-order valence-corrected chi connectivity index (χ2v) is 8.52. The van der Waals surface area contributed by atoms with Crippen molar-refractivity contribution in [3.8, 4) is 11.5 Å². The van der Waals surface area contributed by atoms with E-state index in [0.29, 0.717) is 49.8 Å². The Balaban J connectivity index is 1.68. The van der Waals surface area contributed by atoms with E-state index in [2.05, 4.69) is 4.98 Å². The van der Waals surface area contributed by atoms with E-state index in [1.165, 1.54) is 0 Å². The predicted octanol–water partition coefficient (Wildman–Crippen LogP) is 4.58. The highest BCUT2D eigenvalue weighted by molar-refractivity contribution is 6.46. The standard InChI is InChI=1S/C28H31N3O5/c1-3-18-36-23-10-6-20(7-11-23)25-24(26(32)21-8-12-22(13-9-21)35-4-2)27(33)28(34)31(25)16-5-15-30-17-14-29-19-30/h6-14,17,19,25,32H,3-5,15-16,18H2,1-2H3/b26-24+. The molecule has 1 aliphatic heterocycles. The molecule has 3 aromatic rings. The minimum absolute atomic E-state index is 0.0778. The molecule has 0 radical (unpaired) electrons. The normalized spacial score (nSPS) is 16.9. The van der Waals surface area contributed by atoms with E-state index in [0.717, 1.165) is 12.0 Å². The number of ether oxygens (including phenoxy) is 2. The molecule has 188 valence electrons. The van der Waals surface area contributed by atoms with Gasteiger partial charge in [0, 0.05) is 31.0 Å². The maximum absolute atomic E-state index is 13.2. The number of aliphatic hydroxyl groups is 1. The average Bonchev–Trinajstić information content (AvgIpc) is 3.50. The third-order valence-electron chi connectivity index (χ3n) is 6.02. The van der Waals surface area contributed by atoms with Crippen LogP contribution in [0.15, 0.2) is 72.8 Å². The van der Waals surface area contributed by atoms with Crippen LogP contribution in [0.4, 0.5) is 0 Å². The average molecular weight is 490 g/mol. The molecule has 2 heterocycles. The smallest absolute Gasteiger partial charge is 0.295 e. The third kappa shape index (κ3) is 5.43. The molecule has 0 bridgehead atoms. The van der Waals surface area contributed by atoms with Crippen LogP contribution in [0.1, 0.15) is 43.9 Å². The number of nitrogens with zero attached hydrogens (tertiary/aromatic N) is 3. The first-order chi connectivity index (χ1) is 17.5. The van der Waals surface area contributed by atoms with Gasteiger partial charge in [-0.15, -0.1) is 0 Å². The summed E-state index contributed by atoms with van der Waals surface area (Å²) in [6.45, 7) is 6.05. The monoisotopic (exact) mass is 489 g/mol. The van der Waals surface area contributed by atoms with Gasteiger partial charge in [0.2, 0.25) is 0 Å². The number of hydrogen-bond donors (Lipinski definition) is 1. The molecule has 0 saturated carbocycles. The van der Waals surface area contributed by atoms with Crippen LogP contribution >= 0.6 is 0 Å². The van der Waals surface area contributed by atoms with Gasteiger partial charge in [0.1, 0.15) is 17.3 Å². The molecule has 1 N–H and O–H groups in total. The lowest BCUT2D eigenvalue weighted by Gasteiger charge is -2.25. The molecule has 4 rings (SSSR count). The molecule has 0 aliphatic carbocycles. The van der Waals surface area contributed by atoms with Crippen molar-refractivity contribution < 1.29 is 24.2 Å². The van der Waals surface area contributed by atoms with Gasteiger partial charge in [0.05, 0.1) is 31.2 Å². The Morgan fingerprint density at radius 2 is 1.67 bits per heavy atom. The maximum Gasteiger partial charge on any atom is 0.295 e. The third-order valence-corrected chi connectivity index (χ3v) is 6.02. The number of ketones is 1. The summed E-state index contributed by atoms with van der Waals surface area (Å²) >= 11 is 0. The van der Waals surface area contributed by atoms with E-state index in [1.807, 2.05) is 48.9 Å². The molecule has 1 saturated heterocycles. The molecular weight excluding hydrogens is 458 g/mol. The van der Waals surface area contributed by atoms with Gasteiger partial charge < -0.3 is 24.0 Å². The zero-order valence-corrected chi connectivity index (χ0v) is 20.6. The zero-order chi connectivity index (χ0) is 25.5. The SMILES string of the molecule is CCCOc1ccc(C2/C(=C(\O)c3ccc(OCC)cc3)C(=O)C(=O)N2CCCn2ccnc2)cc1. The number of imidazole rings is 1. The summed E-state index contributed by atoms with van der Waals surface area (Å²) in [5.41, 5.74) is 1.25. The minimum atomic E-state index is -0.709. The second-order valence-electron chi connectivity index (χ2n) is 8.52. The van der Waals surface area contributed by atoms with Crippen LogP contribution in [0.2, 0.25) is 0 Å². The van der Waals surface area contributed by atoms with Crippen LogP contribution in [0, 0.1) is 0 Å². The van der Waals surface area contributed by atoms with Crippen LogP contribution in [-0.4, -0.2) is 51.0 Å². The second kappa shape index (κ2) is 11.6. The summed E-state index contributed by atoms with van der Waals surface area (Å²) in [4.78, 5) is 31.9. The number of amides is 1. The first kappa shape index (κ1) is 25.0. The highest BCUT2D eigenvalue weighted by atomic mass is 16.5. The molecule has 8 heteroatoms. The van der Waals surface area contributed by atoms with Gasteiger partial charge >= 0.3 is 0 Å². The summed E-state index contributed by atoms with van der Waals surface area (Å²) < 4.78 is 13.1. The fourth-order valence-electron chi connectivity index (χ4n) is 4.30. The lowest BCUT2D eigenvalue weighted by atomic mass is 9.95. The molecule has 1 unspecified atom stereocenters. The first-order valence-corrected chi connectivity index (χ1v) is 12.2. The van der Waals surface area contributed by atoms with Crippen molar-refractivity contribution in [2.45, 2.75) is 39.3 Å². The first-order valence-electron chi connectivity index (χ1n) is 12.2. The Hall–Kier alpha value is -4.07. The van der Waals surface area contributed by atoms with Crippen LogP contribution in [-0.2, 0) is 16.1 Å². The Labute approximate surface area is 210 Å². The topological polar surface area (TPSA) is 93.9 Å². The number of rotatable bonds is 11. The molecule has 1 aliphatic rings. The van der Waals surface area contributed by atoms with Crippen molar-refractivity contribution in [1.82, 2.24) is 14.5 Å². The molecule has 36 heavy (non-hydrogen) atoms. The van der Waals surface area contributed by atoms with Crippen molar-refractivity contribution in [2.24, 2.45) is 0 Å². The number of Topliss-reactive ketones (excluding diaryl/α,β-unsaturated/α-hetero) is 1. The van der Waals surface area contributed by atoms with Crippen LogP contribution < -0.4 is 9.47 Å². The van der Waals surface area contributed by atoms with Gasteiger partial charge in [-0.2, -0.15) is 0 Å². The number of aliphatic hydroxyl groups excluding tert-OH is 1. The molecular formula is C28H31N3O5. The van der Waals surface area contributed by atoms with Crippen molar-refractivity contribution in [3.63, 3.8) is 0 Å². The Morgan fingerprint density at radius 3 is 2.31 bits per heavy atom. The number of aromatic nitrogens is 2. The highest BCUT2D eigenvalue weighted by Gasteiger charge is 2.45. The van der Waals surface area contributed by atoms with Crippen molar-refractivity contribution in [3.05, 3.63) is 84.0 Å². The van der Waals surface area contributed by atoms with Crippen molar-refractivity contribution >= 4 is 17.4 Å². The summed E-state index contributed by atoms with van der Waals surface area (Å²) in [6, 6.07) is 13.5. The number of hydrogen-bond acceptors (Lipinski definition) is 6. The molecule has 2 aromatic carbocycles. The van der Waals surface area contributed by atoms with E-state index >= 15 is 0 Å². The Morgan fingerprint density at radius 1 is 0.972 bits per heavy atom. The lowest BCUT2D eigenvalue weighted by Crippen LogP contribution is -2.31. The molecule has 1 fully saturated rings. The number of likely N-dealkylation sites (tertiary alicyclic amines) is 1. The van der Waals surface area contributed by atoms with E-state index in [4.69, 9.17) is 9.47 Å². The summed E-state index contributed by atoms with van der Waals surface area (Å²) in [5.74, 6) is -0.146. The Kier molecular flexibility index (Phi) is 8.05. The number of aryl methyl sites for hydroxylation is 1. The molecule has 1 amide bonds. The van der Waals surface area contributed by atoms with Gasteiger partial charge in [-0.05, 0) is 61.7 Å². The summed E-state index contributed by atoms with van der Waals surface area (Å²) in [7, 11) is 0. The van der Waals surface area contributed by atoms with Crippen LogP contribution in [0.25, 0.3) is 5.76 Å². The van der Waals surface area contributed by atoms with E-state index in [-0.39, 0.29) is 11.3 Å². The summed E-state index contributed by atoms with van der Waals surface area (Å²) in [5, 5.41) is 11.2. The fraction of sp³-hybridized carbons (Fsp3) is 0.321. The molecule has 0 spiro atoms. The fourth-order valence-corrected chi connectivity index (χ4v) is 4.30. The number of carbonyl (C=O) groups is 2. The van der Waals surface area contributed by atoms with Gasteiger partial charge in [0.25, 0.3) is 11.7 Å². The number of carbonyl (C=O) groups excluding carboxylic acids is 2. The van der Waals surface area contributed by atoms with Gasteiger partial charge in [-0.1, -0.05) is 19.1 Å². The minimum Gasteiger partial charge on any atom is -0.507 e. The highest BCUT2D eigenvalue weighted by Crippen LogP contribution is 2.40. The number of benzene rings is 2. The molecule has 1 aromatic heterocycles. The van der Waals surface area contributed by atoms with Gasteiger partial charge in [-0.25, -0.2) is 4.98 Å². The molecule has 8 nitrogen and oxygen atoms in total. The largest absolute Gasteiger partial charge is 0.507 e. The zero-order valence-electron chi connectivity index (χ0n) is 20.6. The quantitative estimate of drug-likeness (QED) is 0.241. The maximum atomic E-state index is 13.2. The Bertz CT molecular complexity index is 1200. The van der Waals surface area contributed by atoms with E-state index < -0.39 is 17.7 Å². The lowest BCUT2D eigenvalue weighted by molar-refractivity contribution is -0.139. The van der Waals surface area contributed by atoms with Crippen LogP contribution in [0.3, 0.4) is 0 Å².